The number of amides is 1. The maximum Gasteiger partial charge on any atom is 0.230 e. The highest BCUT2D eigenvalue weighted by molar-refractivity contribution is 8.00. The normalized spacial score (nSPS) is 10.3. The summed E-state index contributed by atoms with van der Waals surface area (Å²) >= 11 is 3.19. The Bertz CT molecular complexity index is 561. The Balaban J connectivity index is 1.60. The van der Waals surface area contributed by atoms with Gasteiger partial charge in [-0.25, -0.2) is 4.98 Å². The van der Waals surface area contributed by atoms with Crippen LogP contribution in [-0.4, -0.2) is 28.9 Å². The summed E-state index contributed by atoms with van der Waals surface area (Å²) in [4.78, 5) is 17.9. The Labute approximate surface area is 132 Å². The smallest absolute Gasteiger partial charge is 0.230 e. The summed E-state index contributed by atoms with van der Waals surface area (Å²) in [5, 5.41) is 2.91. The van der Waals surface area contributed by atoms with Crippen LogP contribution in [0.2, 0.25) is 0 Å². The molecule has 2 rings (SSSR count). The van der Waals surface area contributed by atoms with Gasteiger partial charge >= 0.3 is 0 Å². The van der Waals surface area contributed by atoms with Crippen molar-refractivity contribution >= 4 is 35.2 Å². The van der Waals surface area contributed by atoms with Gasteiger partial charge in [0.2, 0.25) is 5.91 Å². The van der Waals surface area contributed by atoms with Gasteiger partial charge in [0.25, 0.3) is 0 Å². The third kappa shape index (κ3) is 6.10. The van der Waals surface area contributed by atoms with Crippen LogP contribution >= 0.6 is 23.5 Å². The predicted molar refractivity (Wildman–Crippen MR) is 89.5 cm³/mol. The summed E-state index contributed by atoms with van der Waals surface area (Å²) in [7, 11) is 0. The van der Waals surface area contributed by atoms with Gasteiger partial charge in [-0.15, -0.1) is 23.5 Å². The number of nitrogens with zero attached hydrogens (tertiary/aromatic N) is 1. The molecule has 0 radical (unpaired) electrons. The van der Waals surface area contributed by atoms with Crippen LogP contribution < -0.4 is 11.1 Å². The number of benzene rings is 1. The van der Waals surface area contributed by atoms with E-state index in [0.29, 0.717) is 18.1 Å². The van der Waals surface area contributed by atoms with Gasteiger partial charge in [-0.3, -0.25) is 4.79 Å². The van der Waals surface area contributed by atoms with Gasteiger partial charge in [0, 0.05) is 28.3 Å². The molecule has 1 heterocycles. The van der Waals surface area contributed by atoms with E-state index in [0.717, 1.165) is 10.6 Å². The molecule has 2 aromatic rings. The van der Waals surface area contributed by atoms with Crippen LogP contribution in [0.4, 0.5) is 5.82 Å². The van der Waals surface area contributed by atoms with Gasteiger partial charge in [0.15, 0.2) is 0 Å². The quantitative estimate of drug-likeness (QED) is 0.606. The predicted octanol–water partition coefficient (Wildman–Crippen LogP) is 2.66. The zero-order valence-corrected chi connectivity index (χ0v) is 13.1. The highest BCUT2D eigenvalue weighted by Gasteiger charge is 2.03. The van der Waals surface area contributed by atoms with E-state index in [1.165, 1.54) is 16.7 Å². The summed E-state index contributed by atoms with van der Waals surface area (Å²) in [6.07, 6.45) is 1.68. The molecule has 3 N–H and O–H groups in total. The molecule has 0 bridgehead atoms. The van der Waals surface area contributed by atoms with Crippen molar-refractivity contribution in [1.29, 1.82) is 0 Å². The van der Waals surface area contributed by atoms with E-state index in [4.69, 9.17) is 5.73 Å². The number of nitrogens with one attached hydrogen (secondary N) is 1. The Kier molecular flexibility index (Phi) is 6.43. The van der Waals surface area contributed by atoms with Crippen molar-refractivity contribution in [3.05, 3.63) is 48.7 Å². The summed E-state index contributed by atoms with van der Waals surface area (Å²) in [6.45, 7) is 0.666. The second kappa shape index (κ2) is 8.59. The highest BCUT2D eigenvalue weighted by Crippen LogP contribution is 2.17. The van der Waals surface area contributed by atoms with Crippen LogP contribution in [0.25, 0.3) is 0 Å². The number of anilines is 1. The second-order valence-electron chi connectivity index (χ2n) is 4.22. The lowest BCUT2D eigenvalue weighted by Crippen LogP contribution is -2.27. The Morgan fingerprint density at radius 1 is 1.10 bits per heavy atom. The lowest BCUT2D eigenvalue weighted by Gasteiger charge is -2.05. The second-order valence-corrected chi connectivity index (χ2v) is 6.44. The topological polar surface area (TPSA) is 68.0 Å². The van der Waals surface area contributed by atoms with Gasteiger partial charge in [-0.2, -0.15) is 0 Å². The van der Waals surface area contributed by atoms with Crippen molar-refractivity contribution in [2.45, 2.75) is 9.79 Å². The first-order valence-corrected chi connectivity index (χ1v) is 8.50. The van der Waals surface area contributed by atoms with Crippen LogP contribution in [0.5, 0.6) is 0 Å². The van der Waals surface area contributed by atoms with E-state index in [1.54, 1.807) is 24.0 Å². The van der Waals surface area contributed by atoms with E-state index in [1.807, 2.05) is 24.3 Å². The van der Waals surface area contributed by atoms with Crippen LogP contribution in [0, 0.1) is 0 Å². The molecule has 1 aromatic carbocycles. The van der Waals surface area contributed by atoms with Crippen molar-refractivity contribution in [2.24, 2.45) is 0 Å². The molecule has 0 fully saturated rings. The molecule has 0 atom stereocenters. The molecule has 0 saturated carbocycles. The zero-order valence-electron chi connectivity index (χ0n) is 11.5. The summed E-state index contributed by atoms with van der Waals surface area (Å²) in [5.41, 5.74) is 5.51. The van der Waals surface area contributed by atoms with Gasteiger partial charge in [-0.1, -0.05) is 18.2 Å². The van der Waals surface area contributed by atoms with Crippen molar-refractivity contribution in [2.75, 3.05) is 23.8 Å². The first-order valence-electron chi connectivity index (χ1n) is 6.53. The van der Waals surface area contributed by atoms with E-state index in [-0.39, 0.29) is 5.91 Å². The maximum atomic E-state index is 11.7. The number of hydrogen-bond donors (Lipinski definition) is 2. The number of hydrogen-bond acceptors (Lipinski definition) is 5. The van der Waals surface area contributed by atoms with Crippen molar-refractivity contribution in [3.63, 3.8) is 0 Å². The van der Waals surface area contributed by atoms with Gasteiger partial charge in [0.05, 0.1) is 5.75 Å². The number of rotatable bonds is 7. The molecule has 0 aliphatic heterocycles. The minimum Gasteiger partial charge on any atom is -0.384 e. The molecule has 0 spiro atoms. The minimum absolute atomic E-state index is 0.0329. The Hall–Kier alpha value is -1.66. The lowest BCUT2D eigenvalue weighted by molar-refractivity contribution is -0.118. The third-order valence-electron chi connectivity index (χ3n) is 2.57. The fourth-order valence-corrected chi connectivity index (χ4v) is 3.03. The average molecular weight is 319 g/mol. The number of carbonyl (C=O) groups excluding carboxylic acids is 1. The van der Waals surface area contributed by atoms with Crippen molar-refractivity contribution in [3.8, 4) is 0 Å². The Morgan fingerprint density at radius 2 is 1.90 bits per heavy atom. The minimum atomic E-state index is 0.0329. The van der Waals surface area contributed by atoms with Crippen LogP contribution in [0.15, 0.2) is 58.5 Å². The molecular weight excluding hydrogens is 302 g/mol. The standard InChI is InChI=1S/C15H17N3OS2/c16-14-7-6-13(10-18-14)21-11-15(19)17-8-9-20-12-4-2-1-3-5-12/h1-7,10H,8-9,11H2,(H2,16,18)(H,17,19). The largest absolute Gasteiger partial charge is 0.384 e. The average Bonchev–Trinajstić information content (AvgIpc) is 2.52. The summed E-state index contributed by atoms with van der Waals surface area (Å²) in [5.74, 6) is 1.78. The van der Waals surface area contributed by atoms with E-state index >= 15 is 0 Å². The molecule has 1 amide bonds. The van der Waals surface area contributed by atoms with Gasteiger partial charge in [-0.05, 0) is 24.3 Å². The van der Waals surface area contributed by atoms with E-state index in [9.17, 15) is 4.79 Å². The summed E-state index contributed by atoms with van der Waals surface area (Å²) < 4.78 is 0. The van der Waals surface area contributed by atoms with E-state index < -0.39 is 0 Å². The number of thioether (sulfide) groups is 2. The monoisotopic (exact) mass is 319 g/mol. The molecule has 21 heavy (non-hydrogen) atoms. The molecule has 1 aromatic heterocycles. The number of nitrogen functional groups attached to an aromatic ring is 1. The molecule has 0 unspecified atom stereocenters. The highest BCUT2D eigenvalue weighted by atomic mass is 32.2. The third-order valence-corrected chi connectivity index (χ3v) is 4.56. The lowest BCUT2D eigenvalue weighted by atomic mass is 10.4. The maximum absolute atomic E-state index is 11.7. The number of carbonyl (C=O) groups is 1. The molecule has 6 heteroatoms. The van der Waals surface area contributed by atoms with Crippen molar-refractivity contribution < 1.29 is 4.79 Å². The van der Waals surface area contributed by atoms with Crippen LogP contribution in [0.1, 0.15) is 0 Å². The molecule has 4 nitrogen and oxygen atoms in total. The van der Waals surface area contributed by atoms with Crippen LogP contribution in [-0.2, 0) is 4.79 Å². The first-order chi connectivity index (χ1) is 10.2. The fourth-order valence-electron chi connectivity index (χ4n) is 1.55. The molecule has 0 aliphatic carbocycles. The summed E-state index contributed by atoms with van der Waals surface area (Å²) in [6, 6.07) is 13.8. The number of aromatic nitrogens is 1. The molecular formula is C15H17N3OS2. The van der Waals surface area contributed by atoms with Gasteiger partial charge in [0.1, 0.15) is 5.82 Å². The Morgan fingerprint density at radius 3 is 2.62 bits per heavy atom. The fraction of sp³-hybridized carbons (Fsp3) is 0.200. The van der Waals surface area contributed by atoms with Crippen LogP contribution in [0.3, 0.4) is 0 Å². The van der Waals surface area contributed by atoms with E-state index in [2.05, 4.69) is 22.4 Å². The molecule has 110 valence electrons. The first kappa shape index (κ1) is 15.7. The number of nitrogens with two attached hydrogens (primary N) is 1. The zero-order chi connectivity index (χ0) is 14.9. The molecule has 0 saturated heterocycles. The SMILES string of the molecule is Nc1ccc(SCC(=O)NCCSc2ccccc2)cn1. The van der Waals surface area contributed by atoms with Gasteiger partial charge < -0.3 is 11.1 Å². The molecule has 0 aliphatic rings. The van der Waals surface area contributed by atoms with Crippen molar-refractivity contribution in [1.82, 2.24) is 10.3 Å². The number of pyridine rings is 1.